The maximum absolute atomic E-state index is 11.8. The number of hydrogen-bond acceptors (Lipinski definition) is 6. The zero-order chi connectivity index (χ0) is 20.1. The molecule has 0 spiro atoms. The van der Waals surface area contributed by atoms with E-state index in [1.807, 2.05) is 34.9 Å². The maximum Gasteiger partial charge on any atom is 0.247 e. The van der Waals surface area contributed by atoms with Gasteiger partial charge in [0.1, 0.15) is 0 Å². The molecule has 146 valence electrons. The second-order valence-electron chi connectivity index (χ2n) is 6.15. The van der Waals surface area contributed by atoms with Crippen molar-refractivity contribution in [3.05, 3.63) is 63.5 Å². The topological polar surface area (TPSA) is 97.9 Å². The summed E-state index contributed by atoms with van der Waals surface area (Å²) in [6, 6.07) is 16.1. The van der Waals surface area contributed by atoms with Gasteiger partial charge in [-0.2, -0.15) is 0 Å². The van der Waals surface area contributed by atoms with E-state index in [2.05, 4.69) is 68.7 Å². The summed E-state index contributed by atoms with van der Waals surface area (Å²) in [7, 11) is 0. The number of halogens is 1. The summed E-state index contributed by atoms with van der Waals surface area (Å²) in [6.45, 7) is 4.35. The predicted molar refractivity (Wildman–Crippen MR) is 120 cm³/mol. The highest BCUT2D eigenvalue weighted by Crippen LogP contribution is 2.26. The zero-order valence-corrected chi connectivity index (χ0v) is 18.5. The number of carbonyl (C=O) groups excluding carboxylic acids is 1. The molecule has 2 aromatic carbocycles. The predicted octanol–water partition coefficient (Wildman–Crippen LogP) is 3.26. The normalized spacial score (nSPS) is 11.9. The number of hydrogen-bond donors (Lipinski definition) is 3. The minimum atomic E-state index is -0.393. The van der Waals surface area contributed by atoms with E-state index in [0.29, 0.717) is 11.7 Å². The van der Waals surface area contributed by atoms with Gasteiger partial charge in [-0.3, -0.25) is 14.8 Å². The molecule has 0 aliphatic rings. The van der Waals surface area contributed by atoms with Crippen LogP contribution in [0.4, 0.5) is 5.69 Å². The van der Waals surface area contributed by atoms with Crippen molar-refractivity contribution in [1.82, 2.24) is 20.2 Å². The van der Waals surface area contributed by atoms with Gasteiger partial charge in [0.05, 0.1) is 11.8 Å². The van der Waals surface area contributed by atoms with Gasteiger partial charge >= 0.3 is 0 Å². The average Bonchev–Trinajstić information content (AvgIpc) is 3.09. The first-order valence-corrected chi connectivity index (χ1v) is 10.6. The van der Waals surface area contributed by atoms with Gasteiger partial charge in [-0.15, -0.1) is 10.2 Å². The van der Waals surface area contributed by atoms with Gasteiger partial charge in [-0.1, -0.05) is 30.0 Å². The highest BCUT2D eigenvalue weighted by atomic mass is 127. The third-order valence-corrected chi connectivity index (χ3v) is 5.85. The molecule has 1 heterocycles. The quantitative estimate of drug-likeness (QED) is 0.149. The van der Waals surface area contributed by atoms with Gasteiger partial charge in [0.25, 0.3) is 0 Å². The first kappa shape index (κ1) is 20.6. The molecule has 1 aromatic heterocycles. The first-order chi connectivity index (χ1) is 13.5. The van der Waals surface area contributed by atoms with Gasteiger partial charge in [-0.05, 0) is 72.3 Å². The number of nitrogens with zero attached hydrogens (tertiary/aromatic N) is 3. The first-order valence-electron chi connectivity index (χ1n) is 8.66. The minimum Gasteiger partial charge on any atom is -0.378 e. The van der Waals surface area contributed by atoms with Crippen LogP contribution in [-0.2, 0) is 11.3 Å². The number of aryl methyl sites for hydroxylation is 1. The van der Waals surface area contributed by atoms with E-state index < -0.39 is 5.25 Å². The van der Waals surface area contributed by atoms with Crippen molar-refractivity contribution < 1.29 is 4.79 Å². The minimum absolute atomic E-state index is 0.262. The van der Waals surface area contributed by atoms with Gasteiger partial charge in [0.15, 0.2) is 11.0 Å². The fraction of sp³-hybridized carbons (Fsp3) is 0.211. The molecule has 3 aromatic rings. The van der Waals surface area contributed by atoms with Crippen molar-refractivity contribution in [3.8, 4) is 5.69 Å². The van der Waals surface area contributed by atoms with Crippen molar-refractivity contribution in [2.45, 2.75) is 30.8 Å². The molecule has 1 amide bonds. The summed E-state index contributed by atoms with van der Waals surface area (Å²) >= 11 is 3.61. The molecule has 1 unspecified atom stereocenters. The number of rotatable bonds is 7. The maximum atomic E-state index is 11.8. The van der Waals surface area contributed by atoms with E-state index in [4.69, 9.17) is 5.84 Å². The highest BCUT2D eigenvalue weighted by Gasteiger charge is 2.20. The lowest BCUT2D eigenvalue weighted by Gasteiger charge is -2.14. The standard InChI is InChI=1S/C19H21IN6OS/c1-12-10-14(20)8-9-16(12)22-11-17-24-25-19(28-13(2)18(27)23-21)26(17)15-6-4-3-5-7-15/h3-10,13,22H,11,21H2,1-2H3,(H,23,27). The number of para-hydroxylation sites is 1. The van der Waals surface area contributed by atoms with Crippen LogP contribution >= 0.6 is 34.4 Å². The van der Waals surface area contributed by atoms with Crippen LogP contribution in [0.3, 0.4) is 0 Å². The second kappa shape index (κ2) is 9.39. The molecule has 9 heteroatoms. The Balaban J connectivity index is 1.89. The number of amides is 1. The summed E-state index contributed by atoms with van der Waals surface area (Å²) in [6.07, 6.45) is 0. The van der Waals surface area contributed by atoms with E-state index in [1.165, 1.54) is 20.9 Å². The Labute approximate surface area is 181 Å². The number of aromatic nitrogens is 3. The van der Waals surface area contributed by atoms with Gasteiger partial charge < -0.3 is 5.32 Å². The molecule has 0 fully saturated rings. The molecule has 1 atom stereocenters. The summed E-state index contributed by atoms with van der Waals surface area (Å²) in [4.78, 5) is 11.8. The molecule has 0 bridgehead atoms. The van der Waals surface area contributed by atoms with Crippen molar-refractivity contribution in [2.75, 3.05) is 5.32 Å². The van der Waals surface area contributed by atoms with E-state index >= 15 is 0 Å². The van der Waals surface area contributed by atoms with Crippen LogP contribution in [0.15, 0.2) is 53.7 Å². The average molecular weight is 508 g/mol. The molecule has 0 aliphatic heterocycles. The highest BCUT2D eigenvalue weighted by molar-refractivity contribution is 14.1. The van der Waals surface area contributed by atoms with Crippen LogP contribution < -0.4 is 16.6 Å². The number of nitrogens with two attached hydrogens (primary N) is 1. The lowest BCUT2D eigenvalue weighted by atomic mass is 10.2. The Morgan fingerprint density at radius 2 is 2.00 bits per heavy atom. The van der Waals surface area contributed by atoms with Crippen molar-refractivity contribution in [3.63, 3.8) is 0 Å². The van der Waals surface area contributed by atoms with Gasteiger partial charge in [0, 0.05) is 14.9 Å². The number of benzene rings is 2. The summed E-state index contributed by atoms with van der Waals surface area (Å²) in [5.41, 5.74) is 5.33. The lowest BCUT2D eigenvalue weighted by Crippen LogP contribution is -2.36. The van der Waals surface area contributed by atoms with Crippen LogP contribution in [0.5, 0.6) is 0 Å². The molecule has 0 aliphatic carbocycles. The van der Waals surface area contributed by atoms with Crippen LogP contribution in [0.2, 0.25) is 0 Å². The third-order valence-electron chi connectivity index (χ3n) is 4.13. The van der Waals surface area contributed by atoms with Crippen LogP contribution in [0.25, 0.3) is 5.69 Å². The zero-order valence-electron chi connectivity index (χ0n) is 15.5. The molecule has 0 saturated heterocycles. The lowest BCUT2D eigenvalue weighted by molar-refractivity contribution is -0.120. The summed E-state index contributed by atoms with van der Waals surface area (Å²) in [5.74, 6) is 5.75. The molecule has 0 radical (unpaired) electrons. The Bertz CT molecular complexity index is 962. The number of nitrogens with one attached hydrogen (secondary N) is 2. The van der Waals surface area contributed by atoms with E-state index in [-0.39, 0.29) is 5.91 Å². The summed E-state index contributed by atoms with van der Waals surface area (Å²) in [5, 5.41) is 12.3. The van der Waals surface area contributed by atoms with Crippen LogP contribution in [-0.4, -0.2) is 25.9 Å². The third kappa shape index (κ3) is 4.83. The fourth-order valence-electron chi connectivity index (χ4n) is 2.66. The number of carbonyl (C=O) groups is 1. The van der Waals surface area contributed by atoms with Gasteiger partial charge in [-0.25, -0.2) is 5.84 Å². The van der Waals surface area contributed by atoms with Crippen molar-refractivity contribution >= 4 is 45.9 Å². The summed E-state index contributed by atoms with van der Waals surface area (Å²) < 4.78 is 3.15. The molecule has 4 N–H and O–H groups in total. The molecule has 0 saturated carbocycles. The largest absolute Gasteiger partial charge is 0.378 e. The fourth-order valence-corrected chi connectivity index (χ4v) is 4.20. The molecule has 28 heavy (non-hydrogen) atoms. The SMILES string of the molecule is Cc1cc(I)ccc1NCc1nnc(SC(C)C(=O)NN)n1-c1ccccc1. The Morgan fingerprint density at radius 1 is 1.25 bits per heavy atom. The van der Waals surface area contributed by atoms with Gasteiger partial charge in [0.2, 0.25) is 5.91 Å². The smallest absolute Gasteiger partial charge is 0.247 e. The number of anilines is 1. The van der Waals surface area contributed by atoms with Crippen molar-refractivity contribution in [1.29, 1.82) is 0 Å². The molecule has 3 rings (SSSR count). The van der Waals surface area contributed by atoms with E-state index in [0.717, 1.165) is 17.2 Å². The molecular formula is C19H21IN6OS. The van der Waals surface area contributed by atoms with E-state index in [1.54, 1.807) is 6.92 Å². The number of hydrazine groups is 1. The Kier molecular flexibility index (Phi) is 6.92. The molecule has 7 nitrogen and oxygen atoms in total. The Hall–Kier alpha value is -2.11. The van der Waals surface area contributed by atoms with Crippen LogP contribution in [0.1, 0.15) is 18.3 Å². The number of thioether (sulfide) groups is 1. The van der Waals surface area contributed by atoms with Crippen LogP contribution in [0, 0.1) is 10.5 Å². The molecular weight excluding hydrogens is 487 g/mol. The monoisotopic (exact) mass is 508 g/mol. The second-order valence-corrected chi connectivity index (χ2v) is 8.70. The Morgan fingerprint density at radius 3 is 2.68 bits per heavy atom. The van der Waals surface area contributed by atoms with E-state index in [9.17, 15) is 4.79 Å². The van der Waals surface area contributed by atoms with Crippen molar-refractivity contribution in [2.24, 2.45) is 5.84 Å².